The molecule has 0 spiro atoms. The van der Waals surface area contributed by atoms with Gasteiger partial charge in [0.1, 0.15) is 17.3 Å². The van der Waals surface area contributed by atoms with Gasteiger partial charge in [0.2, 0.25) is 10.0 Å². The number of hydrogen-bond donors (Lipinski definition) is 1. The summed E-state index contributed by atoms with van der Waals surface area (Å²) >= 11 is 0. The average Bonchev–Trinajstić information content (AvgIpc) is 2.26. The highest BCUT2D eigenvalue weighted by Gasteiger charge is 2.31. The van der Waals surface area contributed by atoms with Gasteiger partial charge in [0, 0.05) is 0 Å². The van der Waals surface area contributed by atoms with Crippen molar-refractivity contribution < 1.29 is 35.2 Å². The summed E-state index contributed by atoms with van der Waals surface area (Å²) in [6.07, 6.45) is -5.11. The minimum atomic E-state index is -4.84. The molecule has 0 aliphatic heterocycles. The van der Waals surface area contributed by atoms with Crippen LogP contribution in [0.1, 0.15) is 10.4 Å². The van der Waals surface area contributed by atoms with Gasteiger partial charge in [-0.1, -0.05) is 0 Å². The molecule has 1 aromatic rings. The Bertz CT molecular complexity index is 597. The van der Waals surface area contributed by atoms with Crippen molar-refractivity contribution in [2.24, 2.45) is 0 Å². The number of carbonyl (C=O) groups is 1. The van der Waals surface area contributed by atoms with Gasteiger partial charge in [0.05, 0.1) is 5.56 Å². The van der Waals surface area contributed by atoms with Gasteiger partial charge in [-0.05, 0) is 12.1 Å². The molecule has 1 N–H and O–H groups in total. The Morgan fingerprint density at radius 3 is 2.26 bits per heavy atom. The smallest absolute Gasteiger partial charge is 0.298 e. The maximum Gasteiger partial charge on any atom is 0.402 e. The van der Waals surface area contributed by atoms with Crippen molar-refractivity contribution in [1.82, 2.24) is 4.72 Å². The van der Waals surface area contributed by atoms with E-state index < -0.39 is 44.8 Å². The fourth-order valence-electron chi connectivity index (χ4n) is 1.12. The first-order valence-corrected chi connectivity index (χ1v) is 6.06. The molecule has 0 aromatic heterocycles. The zero-order valence-corrected chi connectivity index (χ0v) is 9.78. The standard InChI is InChI=1S/C9H6F5NO3S/c10-6-1-2-7(8(11)5(6)3-16)19(17,18)15-4-9(12,13)14/h1-3,15H,4H2. The molecule has 0 amide bonds. The minimum Gasteiger partial charge on any atom is -0.298 e. The highest BCUT2D eigenvalue weighted by molar-refractivity contribution is 7.89. The van der Waals surface area contributed by atoms with E-state index in [0.717, 1.165) is 4.72 Å². The van der Waals surface area contributed by atoms with E-state index in [1.807, 2.05) is 0 Å². The topological polar surface area (TPSA) is 63.2 Å². The van der Waals surface area contributed by atoms with Crippen LogP contribution in [0.15, 0.2) is 17.0 Å². The zero-order chi connectivity index (χ0) is 14.8. The maximum absolute atomic E-state index is 13.5. The second-order valence-corrected chi connectivity index (χ2v) is 5.07. The summed E-state index contributed by atoms with van der Waals surface area (Å²) in [7, 11) is -4.84. The third kappa shape index (κ3) is 3.70. The van der Waals surface area contributed by atoms with Crippen molar-refractivity contribution in [3.63, 3.8) is 0 Å². The number of halogens is 5. The van der Waals surface area contributed by atoms with Crippen molar-refractivity contribution in [3.8, 4) is 0 Å². The number of benzene rings is 1. The monoisotopic (exact) mass is 303 g/mol. The number of carbonyl (C=O) groups excluding carboxylic acids is 1. The van der Waals surface area contributed by atoms with E-state index in [4.69, 9.17) is 0 Å². The molecule has 4 nitrogen and oxygen atoms in total. The number of sulfonamides is 1. The summed E-state index contributed by atoms with van der Waals surface area (Å²) in [5, 5.41) is 0. The first-order chi connectivity index (χ1) is 8.58. The van der Waals surface area contributed by atoms with Crippen molar-refractivity contribution in [1.29, 1.82) is 0 Å². The number of alkyl halides is 3. The Balaban J connectivity index is 3.20. The van der Waals surface area contributed by atoms with Gasteiger partial charge in [-0.2, -0.15) is 13.2 Å². The van der Waals surface area contributed by atoms with Gasteiger partial charge < -0.3 is 0 Å². The molecule has 0 aliphatic rings. The molecule has 0 saturated carbocycles. The Labute approximate surface area is 104 Å². The van der Waals surface area contributed by atoms with E-state index >= 15 is 0 Å². The van der Waals surface area contributed by atoms with Crippen molar-refractivity contribution in [2.75, 3.05) is 6.54 Å². The number of nitrogens with one attached hydrogen (secondary N) is 1. The minimum absolute atomic E-state index is 0.270. The second kappa shape index (κ2) is 5.21. The van der Waals surface area contributed by atoms with Gasteiger partial charge in [0.25, 0.3) is 0 Å². The second-order valence-electron chi connectivity index (χ2n) is 3.33. The summed E-state index contributed by atoms with van der Waals surface area (Å²) in [5.41, 5.74) is -1.17. The maximum atomic E-state index is 13.5. The van der Waals surface area contributed by atoms with Crippen LogP contribution < -0.4 is 4.72 Å². The average molecular weight is 303 g/mol. The number of rotatable bonds is 4. The largest absolute Gasteiger partial charge is 0.402 e. The van der Waals surface area contributed by atoms with Crippen LogP contribution in [0.4, 0.5) is 22.0 Å². The van der Waals surface area contributed by atoms with Crippen molar-refractivity contribution >= 4 is 16.3 Å². The Hall–Kier alpha value is -1.55. The third-order valence-corrected chi connectivity index (χ3v) is 3.38. The highest BCUT2D eigenvalue weighted by atomic mass is 32.2. The summed E-state index contributed by atoms with van der Waals surface area (Å²) in [6.45, 7) is -1.91. The molecular weight excluding hydrogens is 297 g/mol. The van der Waals surface area contributed by atoms with Crippen LogP contribution in [-0.2, 0) is 10.0 Å². The molecule has 1 rings (SSSR count). The Kier molecular flexibility index (Phi) is 4.25. The van der Waals surface area contributed by atoms with Crippen molar-refractivity contribution in [3.05, 3.63) is 29.3 Å². The van der Waals surface area contributed by atoms with Crippen LogP contribution in [0.25, 0.3) is 0 Å². The molecule has 0 bridgehead atoms. The summed E-state index contributed by atoms with van der Waals surface area (Å²) in [4.78, 5) is 9.13. The molecule has 0 atom stereocenters. The van der Waals surface area contributed by atoms with Crippen LogP contribution in [0.3, 0.4) is 0 Å². The van der Waals surface area contributed by atoms with Gasteiger partial charge in [0.15, 0.2) is 12.1 Å². The van der Waals surface area contributed by atoms with Gasteiger partial charge in [-0.15, -0.1) is 0 Å². The third-order valence-electron chi connectivity index (χ3n) is 1.96. The summed E-state index contributed by atoms with van der Waals surface area (Å²) < 4.78 is 85.9. The molecule has 1 aromatic carbocycles. The lowest BCUT2D eigenvalue weighted by molar-refractivity contribution is -0.121. The van der Waals surface area contributed by atoms with Crippen LogP contribution in [0, 0.1) is 11.6 Å². The van der Waals surface area contributed by atoms with E-state index in [0.29, 0.717) is 12.1 Å². The predicted octanol–water partition coefficient (Wildman–Crippen LogP) is 1.62. The van der Waals surface area contributed by atoms with E-state index in [1.165, 1.54) is 0 Å². The first kappa shape index (κ1) is 15.5. The summed E-state index contributed by atoms with van der Waals surface area (Å²) in [6, 6.07) is 0.894. The molecule has 19 heavy (non-hydrogen) atoms. The lowest BCUT2D eigenvalue weighted by Crippen LogP contribution is -2.34. The predicted molar refractivity (Wildman–Crippen MR) is 53.0 cm³/mol. The summed E-state index contributed by atoms with van der Waals surface area (Å²) in [5.74, 6) is -3.06. The Morgan fingerprint density at radius 1 is 1.21 bits per heavy atom. The van der Waals surface area contributed by atoms with Gasteiger partial charge >= 0.3 is 6.18 Å². The number of aldehydes is 1. The van der Waals surface area contributed by atoms with Gasteiger partial charge in [-0.3, -0.25) is 4.79 Å². The quantitative estimate of drug-likeness (QED) is 0.679. The molecular formula is C9H6F5NO3S. The molecule has 0 heterocycles. The zero-order valence-electron chi connectivity index (χ0n) is 8.96. The fraction of sp³-hybridized carbons (Fsp3) is 0.222. The molecule has 0 aliphatic carbocycles. The number of hydrogen-bond acceptors (Lipinski definition) is 3. The molecule has 106 valence electrons. The molecule has 0 saturated heterocycles. The van der Waals surface area contributed by atoms with Crippen LogP contribution in [0.2, 0.25) is 0 Å². The van der Waals surface area contributed by atoms with Crippen molar-refractivity contribution in [2.45, 2.75) is 11.1 Å². The molecule has 10 heteroatoms. The Morgan fingerprint density at radius 2 is 1.79 bits per heavy atom. The van der Waals surface area contributed by atoms with E-state index in [9.17, 15) is 35.2 Å². The molecule has 0 unspecified atom stereocenters. The van der Waals surface area contributed by atoms with Crippen LogP contribution in [-0.4, -0.2) is 27.4 Å². The van der Waals surface area contributed by atoms with Crippen LogP contribution >= 0.6 is 0 Å². The van der Waals surface area contributed by atoms with Crippen LogP contribution in [0.5, 0.6) is 0 Å². The van der Waals surface area contributed by atoms with E-state index in [2.05, 4.69) is 0 Å². The first-order valence-electron chi connectivity index (χ1n) is 4.58. The highest BCUT2D eigenvalue weighted by Crippen LogP contribution is 2.21. The lowest BCUT2D eigenvalue weighted by Gasteiger charge is -2.10. The van der Waals surface area contributed by atoms with Gasteiger partial charge in [-0.25, -0.2) is 21.9 Å². The van der Waals surface area contributed by atoms with E-state index in [1.54, 1.807) is 0 Å². The van der Waals surface area contributed by atoms with E-state index in [-0.39, 0.29) is 6.29 Å². The SMILES string of the molecule is O=Cc1c(F)ccc(S(=O)(=O)NCC(F)(F)F)c1F. The fourth-order valence-corrected chi connectivity index (χ4v) is 2.22. The normalized spacial score (nSPS) is 12.5. The molecule has 0 fully saturated rings. The lowest BCUT2D eigenvalue weighted by atomic mass is 10.2. The molecule has 0 radical (unpaired) electrons.